The molecule has 2 atom stereocenters. The highest BCUT2D eigenvalue weighted by Crippen LogP contribution is 2.16. The molecular weight excluding hydrogens is 250 g/mol. The van der Waals surface area contributed by atoms with E-state index in [1.165, 1.54) is 0 Å². The second kappa shape index (κ2) is 6.71. The number of rotatable bonds is 2. The normalized spacial score (nSPS) is 23.0. The summed E-state index contributed by atoms with van der Waals surface area (Å²) in [4.78, 5) is 16.1. The monoisotopic (exact) mass is 269 g/mol. The van der Waals surface area contributed by atoms with E-state index >= 15 is 0 Å². The van der Waals surface area contributed by atoms with Gasteiger partial charge in [-0.1, -0.05) is 6.92 Å². The lowest BCUT2D eigenvalue weighted by Crippen LogP contribution is -2.45. The average Bonchev–Trinajstić information content (AvgIpc) is 2.29. The molecule has 0 bridgehead atoms. The number of hydrogen-bond donors (Lipinski definition) is 2. The molecule has 5 heteroatoms. The van der Waals surface area contributed by atoms with E-state index in [2.05, 4.69) is 22.5 Å². The predicted molar refractivity (Wildman–Crippen MR) is 75.0 cm³/mol. The predicted octanol–water partition coefficient (Wildman–Crippen LogP) is 2.14. The van der Waals surface area contributed by atoms with E-state index in [-0.39, 0.29) is 24.4 Å². The summed E-state index contributed by atoms with van der Waals surface area (Å²) >= 11 is 0. The maximum absolute atomic E-state index is 12.0. The van der Waals surface area contributed by atoms with Gasteiger partial charge in [0.1, 0.15) is 0 Å². The fourth-order valence-electron chi connectivity index (χ4n) is 2.16. The molecule has 18 heavy (non-hydrogen) atoms. The highest BCUT2D eigenvalue weighted by molar-refractivity contribution is 5.94. The van der Waals surface area contributed by atoms with Crippen LogP contribution < -0.4 is 10.6 Å². The van der Waals surface area contributed by atoms with Crippen LogP contribution in [0.5, 0.6) is 0 Å². The van der Waals surface area contributed by atoms with Crippen LogP contribution in [-0.4, -0.2) is 23.5 Å². The third kappa shape index (κ3) is 3.96. The zero-order valence-corrected chi connectivity index (χ0v) is 11.6. The summed E-state index contributed by atoms with van der Waals surface area (Å²) in [6.07, 6.45) is 5.51. The largest absolute Gasteiger partial charge is 0.323 e. The van der Waals surface area contributed by atoms with Crippen molar-refractivity contribution in [2.24, 2.45) is 5.92 Å². The van der Waals surface area contributed by atoms with E-state index in [4.69, 9.17) is 0 Å². The van der Waals surface area contributed by atoms with E-state index < -0.39 is 0 Å². The minimum atomic E-state index is -0.0701. The fraction of sp³-hybridized carbons (Fsp3) is 0.538. The Hall–Kier alpha value is -1.13. The molecule has 2 N–H and O–H groups in total. The summed E-state index contributed by atoms with van der Waals surface area (Å²) in [5, 5.41) is 6.16. The van der Waals surface area contributed by atoms with Crippen molar-refractivity contribution < 1.29 is 4.79 Å². The molecule has 1 fully saturated rings. The third-order valence-electron chi connectivity index (χ3n) is 3.12. The van der Waals surface area contributed by atoms with Crippen molar-refractivity contribution in [3.63, 3.8) is 0 Å². The van der Waals surface area contributed by atoms with Gasteiger partial charge in [0.25, 0.3) is 0 Å². The number of nitrogens with one attached hydrogen (secondary N) is 2. The summed E-state index contributed by atoms with van der Waals surface area (Å²) in [7, 11) is 0. The fourth-order valence-corrected chi connectivity index (χ4v) is 2.16. The molecular formula is C13H20ClN3O. The van der Waals surface area contributed by atoms with Crippen LogP contribution in [0.4, 0.5) is 5.69 Å². The Morgan fingerprint density at radius 1 is 1.50 bits per heavy atom. The Morgan fingerprint density at radius 3 is 2.94 bits per heavy atom. The van der Waals surface area contributed by atoms with Gasteiger partial charge in [0, 0.05) is 6.20 Å². The van der Waals surface area contributed by atoms with Gasteiger partial charge in [0.2, 0.25) is 5.91 Å². The lowest BCUT2D eigenvalue weighted by Gasteiger charge is -2.27. The van der Waals surface area contributed by atoms with E-state index in [1.807, 2.05) is 13.0 Å². The van der Waals surface area contributed by atoms with Crippen molar-refractivity contribution in [2.75, 3.05) is 11.9 Å². The number of amides is 1. The molecule has 2 heterocycles. The van der Waals surface area contributed by atoms with Gasteiger partial charge in [0.05, 0.1) is 17.9 Å². The number of pyridine rings is 1. The number of nitrogens with zero attached hydrogens (tertiary/aromatic N) is 1. The van der Waals surface area contributed by atoms with Gasteiger partial charge in [-0.05, 0) is 43.9 Å². The zero-order valence-electron chi connectivity index (χ0n) is 10.8. The van der Waals surface area contributed by atoms with Gasteiger partial charge in [-0.3, -0.25) is 9.78 Å². The molecule has 2 unspecified atom stereocenters. The number of carbonyl (C=O) groups is 1. The maximum Gasteiger partial charge on any atom is 0.241 e. The second-order valence-corrected chi connectivity index (χ2v) is 4.88. The molecule has 100 valence electrons. The number of aromatic nitrogens is 1. The summed E-state index contributed by atoms with van der Waals surface area (Å²) in [6, 6.07) is 1.86. The van der Waals surface area contributed by atoms with Gasteiger partial charge in [-0.2, -0.15) is 0 Å². The molecule has 1 aromatic heterocycles. The first-order chi connectivity index (χ1) is 8.15. The summed E-state index contributed by atoms with van der Waals surface area (Å²) in [5.74, 6) is 0.659. The number of aryl methyl sites for hydroxylation is 1. The summed E-state index contributed by atoms with van der Waals surface area (Å²) < 4.78 is 0. The minimum absolute atomic E-state index is 0. The van der Waals surface area contributed by atoms with Crippen LogP contribution in [0.3, 0.4) is 0 Å². The van der Waals surface area contributed by atoms with Crippen LogP contribution in [-0.2, 0) is 4.79 Å². The van der Waals surface area contributed by atoms with Crippen LogP contribution in [0.15, 0.2) is 18.5 Å². The topological polar surface area (TPSA) is 54.0 Å². The van der Waals surface area contributed by atoms with Crippen molar-refractivity contribution in [2.45, 2.75) is 32.7 Å². The molecule has 4 nitrogen and oxygen atoms in total. The lowest BCUT2D eigenvalue weighted by atomic mass is 9.94. The van der Waals surface area contributed by atoms with Gasteiger partial charge >= 0.3 is 0 Å². The molecule has 0 spiro atoms. The number of anilines is 1. The van der Waals surface area contributed by atoms with Crippen molar-refractivity contribution >= 4 is 24.0 Å². The van der Waals surface area contributed by atoms with Crippen molar-refractivity contribution in [1.29, 1.82) is 0 Å². The van der Waals surface area contributed by atoms with E-state index in [0.29, 0.717) is 5.92 Å². The Kier molecular flexibility index (Phi) is 5.56. The molecule has 0 aromatic carbocycles. The molecule has 1 aliphatic rings. The standard InChI is InChI=1S/C13H19N3O.ClH/c1-9-3-4-15-12(6-9)13(17)16-11-5-10(2)7-14-8-11;/h5,7-9,12,15H,3-4,6H2,1-2H3,(H,16,17);1H. The van der Waals surface area contributed by atoms with Crippen LogP contribution in [0.1, 0.15) is 25.3 Å². The van der Waals surface area contributed by atoms with Crippen molar-refractivity contribution in [1.82, 2.24) is 10.3 Å². The molecule has 1 aliphatic heterocycles. The zero-order chi connectivity index (χ0) is 12.3. The van der Waals surface area contributed by atoms with Crippen LogP contribution >= 0.6 is 12.4 Å². The van der Waals surface area contributed by atoms with Crippen LogP contribution in [0.25, 0.3) is 0 Å². The summed E-state index contributed by atoms with van der Waals surface area (Å²) in [6.45, 7) is 5.07. The maximum atomic E-state index is 12.0. The first kappa shape index (κ1) is 14.9. The third-order valence-corrected chi connectivity index (χ3v) is 3.12. The van der Waals surface area contributed by atoms with Crippen molar-refractivity contribution in [3.05, 3.63) is 24.0 Å². The first-order valence-electron chi connectivity index (χ1n) is 6.11. The molecule has 0 saturated carbocycles. The molecule has 2 rings (SSSR count). The summed E-state index contributed by atoms with van der Waals surface area (Å²) in [5.41, 5.74) is 1.82. The number of halogens is 1. The Labute approximate surface area is 114 Å². The highest BCUT2D eigenvalue weighted by atomic mass is 35.5. The van der Waals surface area contributed by atoms with E-state index in [9.17, 15) is 4.79 Å². The van der Waals surface area contributed by atoms with Crippen molar-refractivity contribution in [3.8, 4) is 0 Å². The Bertz CT molecular complexity index is 411. The van der Waals surface area contributed by atoms with Crippen LogP contribution in [0.2, 0.25) is 0 Å². The smallest absolute Gasteiger partial charge is 0.241 e. The van der Waals surface area contributed by atoms with Crippen LogP contribution in [0, 0.1) is 12.8 Å². The molecule has 0 aliphatic carbocycles. The van der Waals surface area contributed by atoms with Gasteiger partial charge in [-0.25, -0.2) is 0 Å². The number of carbonyl (C=O) groups excluding carboxylic acids is 1. The van der Waals surface area contributed by atoms with Gasteiger partial charge in [0.15, 0.2) is 0 Å². The number of piperidine rings is 1. The quantitative estimate of drug-likeness (QED) is 0.865. The molecule has 1 saturated heterocycles. The SMILES string of the molecule is Cc1cncc(NC(=O)C2CC(C)CCN2)c1.Cl. The Morgan fingerprint density at radius 2 is 2.28 bits per heavy atom. The lowest BCUT2D eigenvalue weighted by molar-refractivity contribution is -0.119. The molecule has 1 amide bonds. The Balaban J connectivity index is 0.00000162. The first-order valence-corrected chi connectivity index (χ1v) is 6.11. The average molecular weight is 270 g/mol. The van der Waals surface area contributed by atoms with Gasteiger partial charge in [-0.15, -0.1) is 12.4 Å². The van der Waals surface area contributed by atoms with E-state index in [0.717, 1.165) is 30.6 Å². The van der Waals surface area contributed by atoms with Gasteiger partial charge < -0.3 is 10.6 Å². The van der Waals surface area contributed by atoms with E-state index in [1.54, 1.807) is 12.4 Å². The second-order valence-electron chi connectivity index (χ2n) is 4.88. The number of hydrogen-bond acceptors (Lipinski definition) is 3. The highest BCUT2D eigenvalue weighted by Gasteiger charge is 2.24. The minimum Gasteiger partial charge on any atom is -0.323 e. The molecule has 0 radical (unpaired) electrons. The molecule has 1 aromatic rings.